The summed E-state index contributed by atoms with van der Waals surface area (Å²) in [7, 11) is 1.56. The van der Waals surface area contributed by atoms with E-state index in [9.17, 15) is 8.78 Å². The molecule has 1 heterocycles. The van der Waals surface area contributed by atoms with E-state index in [4.69, 9.17) is 12.2 Å². The summed E-state index contributed by atoms with van der Waals surface area (Å²) in [5.41, 5.74) is 0. The van der Waals surface area contributed by atoms with Gasteiger partial charge in [0.05, 0.1) is 0 Å². The van der Waals surface area contributed by atoms with Crippen molar-refractivity contribution in [3.8, 4) is 0 Å². The lowest BCUT2D eigenvalue weighted by Crippen LogP contribution is -2.01. The summed E-state index contributed by atoms with van der Waals surface area (Å²) in [6, 6.07) is 0. The third-order valence-corrected chi connectivity index (χ3v) is 2.03. The minimum absolute atomic E-state index is 0.259. The van der Waals surface area contributed by atoms with E-state index in [0.717, 1.165) is 0 Å². The molecule has 0 bridgehead atoms. The molecule has 1 aromatic heterocycles. The summed E-state index contributed by atoms with van der Waals surface area (Å²) in [6.07, 6.45) is -2.56. The number of aromatic nitrogens is 3. The zero-order valence-electron chi connectivity index (χ0n) is 6.79. The Balaban J connectivity index is 3.30. The zero-order chi connectivity index (χ0) is 9.30. The fraction of sp³-hybridized carbons (Fsp3) is 0.667. The topological polar surface area (TPSA) is 22.8 Å². The predicted octanol–water partition coefficient (Wildman–Crippen LogP) is 1.91. The second-order valence-electron chi connectivity index (χ2n) is 2.31. The molecule has 0 radical (unpaired) electrons. The molecular weight excluding hydrogens is 184 g/mol. The van der Waals surface area contributed by atoms with Crippen molar-refractivity contribution >= 4 is 12.2 Å². The molecule has 68 valence electrons. The summed E-state index contributed by atoms with van der Waals surface area (Å²) in [4.78, 5) is 0. The lowest BCUT2D eigenvalue weighted by atomic mass is 10.6. The number of nitrogens with zero attached hydrogens (tertiary/aromatic N) is 3. The first-order valence-electron chi connectivity index (χ1n) is 3.49. The van der Waals surface area contributed by atoms with Gasteiger partial charge in [-0.1, -0.05) is 0 Å². The van der Waals surface area contributed by atoms with Crippen molar-refractivity contribution in [2.75, 3.05) is 0 Å². The highest BCUT2D eigenvalue weighted by atomic mass is 32.1. The van der Waals surface area contributed by atoms with Gasteiger partial charge in [0, 0.05) is 13.6 Å². The molecule has 0 aromatic carbocycles. The van der Waals surface area contributed by atoms with E-state index in [1.807, 2.05) is 0 Å². The average molecular weight is 193 g/mol. The Kier molecular flexibility index (Phi) is 2.56. The Hall–Kier alpha value is -0.780. The van der Waals surface area contributed by atoms with Crippen molar-refractivity contribution in [2.24, 2.45) is 7.05 Å². The van der Waals surface area contributed by atoms with Crippen LogP contribution >= 0.6 is 12.2 Å². The molecule has 0 fully saturated rings. The van der Waals surface area contributed by atoms with Crippen LogP contribution in [0.2, 0.25) is 0 Å². The summed E-state index contributed by atoms with van der Waals surface area (Å²) in [6.45, 7) is 2.18. The van der Waals surface area contributed by atoms with Crippen LogP contribution in [0.4, 0.5) is 8.78 Å². The van der Waals surface area contributed by atoms with E-state index < -0.39 is 6.43 Å². The van der Waals surface area contributed by atoms with Crippen molar-refractivity contribution in [1.82, 2.24) is 14.3 Å². The van der Waals surface area contributed by atoms with Crippen molar-refractivity contribution in [2.45, 2.75) is 19.9 Å². The normalized spacial score (nSPS) is 11.1. The zero-order valence-corrected chi connectivity index (χ0v) is 7.61. The molecule has 0 saturated carbocycles. The summed E-state index contributed by atoms with van der Waals surface area (Å²) in [5.74, 6) is -0.259. The molecule has 1 aromatic rings. The van der Waals surface area contributed by atoms with Gasteiger partial charge in [0.2, 0.25) is 0 Å². The molecule has 0 spiro atoms. The fourth-order valence-electron chi connectivity index (χ4n) is 0.982. The van der Waals surface area contributed by atoms with Crippen LogP contribution in [0.25, 0.3) is 0 Å². The molecular formula is C6H9F2N3S. The maximum absolute atomic E-state index is 12.3. The number of aryl methyl sites for hydroxylation is 1. The molecule has 1 rings (SSSR count). The van der Waals surface area contributed by atoms with E-state index in [2.05, 4.69) is 5.10 Å². The van der Waals surface area contributed by atoms with Crippen molar-refractivity contribution in [1.29, 1.82) is 0 Å². The standard InChI is InChI=1S/C6H9F2N3S/c1-3-11-5(4(7)8)9-10(2)6(11)12/h4H,3H2,1-2H3. The molecule has 3 nitrogen and oxygen atoms in total. The maximum atomic E-state index is 12.3. The number of hydrogen-bond acceptors (Lipinski definition) is 2. The largest absolute Gasteiger partial charge is 0.299 e. The van der Waals surface area contributed by atoms with E-state index in [1.165, 1.54) is 9.25 Å². The van der Waals surface area contributed by atoms with Crippen molar-refractivity contribution in [3.05, 3.63) is 10.6 Å². The minimum atomic E-state index is -2.56. The van der Waals surface area contributed by atoms with E-state index >= 15 is 0 Å². The Bertz CT molecular complexity index is 328. The van der Waals surface area contributed by atoms with Crippen LogP contribution in [0.3, 0.4) is 0 Å². The van der Waals surface area contributed by atoms with Crippen molar-refractivity contribution < 1.29 is 8.78 Å². The van der Waals surface area contributed by atoms with E-state index in [1.54, 1.807) is 14.0 Å². The van der Waals surface area contributed by atoms with E-state index in [0.29, 0.717) is 11.3 Å². The second kappa shape index (κ2) is 3.30. The van der Waals surface area contributed by atoms with Gasteiger partial charge in [0.25, 0.3) is 6.43 Å². The summed E-state index contributed by atoms with van der Waals surface area (Å²) < 4.78 is 27.5. The highest BCUT2D eigenvalue weighted by Crippen LogP contribution is 2.16. The van der Waals surface area contributed by atoms with Gasteiger partial charge in [-0.25, -0.2) is 13.5 Å². The van der Waals surface area contributed by atoms with Crippen molar-refractivity contribution in [3.63, 3.8) is 0 Å². The van der Waals surface area contributed by atoms with Gasteiger partial charge in [0.15, 0.2) is 10.6 Å². The number of alkyl halides is 2. The van der Waals surface area contributed by atoms with Gasteiger partial charge >= 0.3 is 0 Å². The third-order valence-electron chi connectivity index (χ3n) is 1.55. The molecule has 0 aliphatic carbocycles. The molecule has 6 heteroatoms. The smallest absolute Gasteiger partial charge is 0.297 e. The molecule has 0 aliphatic rings. The van der Waals surface area contributed by atoms with Crippen LogP contribution in [0.1, 0.15) is 19.2 Å². The molecule has 0 saturated heterocycles. The summed E-state index contributed by atoms with van der Waals surface area (Å²) >= 11 is 4.86. The van der Waals surface area contributed by atoms with Crippen LogP contribution in [-0.4, -0.2) is 14.3 Å². The number of rotatable bonds is 2. The molecule has 12 heavy (non-hydrogen) atoms. The Morgan fingerprint density at radius 2 is 2.17 bits per heavy atom. The maximum Gasteiger partial charge on any atom is 0.297 e. The molecule has 0 aliphatic heterocycles. The second-order valence-corrected chi connectivity index (χ2v) is 2.67. The Labute approximate surface area is 73.6 Å². The Morgan fingerprint density at radius 1 is 1.58 bits per heavy atom. The Morgan fingerprint density at radius 3 is 2.50 bits per heavy atom. The summed E-state index contributed by atoms with van der Waals surface area (Å²) in [5, 5.41) is 3.61. The van der Waals surface area contributed by atoms with Gasteiger partial charge in [-0.3, -0.25) is 4.57 Å². The molecule has 0 N–H and O–H groups in total. The number of hydrogen-bond donors (Lipinski definition) is 0. The highest BCUT2D eigenvalue weighted by molar-refractivity contribution is 7.71. The third kappa shape index (κ3) is 1.38. The van der Waals surface area contributed by atoms with Crippen LogP contribution < -0.4 is 0 Å². The highest BCUT2D eigenvalue weighted by Gasteiger charge is 2.16. The lowest BCUT2D eigenvalue weighted by Gasteiger charge is -1.99. The fourth-order valence-corrected chi connectivity index (χ4v) is 1.25. The van der Waals surface area contributed by atoms with E-state index in [-0.39, 0.29) is 5.82 Å². The van der Waals surface area contributed by atoms with Gasteiger partial charge in [-0.05, 0) is 19.1 Å². The minimum Gasteiger partial charge on any atom is -0.299 e. The molecule has 0 unspecified atom stereocenters. The van der Waals surface area contributed by atoms with Crippen LogP contribution in [-0.2, 0) is 13.6 Å². The lowest BCUT2D eigenvalue weighted by molar-refractivity contribution is 0.134. The van der Waals surface area contributed by atoms with Gasteiger partial charge in [-0.15, -0.1) is 0 Å². The van der Waals surface area contributed by atoms with Crippen LogP contribution in [0.5, 0.6) is 0 Å². The first-order valence-corrected chi connectivity index (χ1v) is 3.90. The van der Waals surface area contributed by atoms with Crippen LogP contribution in [0, 0.1) is 4.77 Å². The van der Waals surface area contributed by atoms with Crippen LogP contribution in [0.15, 0.2) is 0 Å². The van der Waals surface area contributed by atoms with Gasteiger partial charge in [-0.2, -0.15) is 5.10 Å². The first-order chi connectivity index (χ1) is 5.57. The average Bonchev–Trinajstić information content (AvgIpc) is 2.29. The molecule has 0 atom stereocenters. The predicted molar refractivity (Wildman–Crippen MR) is 42.7 cm³/mol. The molecule has 0 amide bonds. The van der Waals surface area contributed by atoms with Gasteiger partial charge in [0.1, 0.15) is 0 Å². The number of halogens is 2. The first kappa shape index (κ1) is 9.31. The monoisotopic (exact) mass is 193 g/mol. The quantitative estimate of drug-likeness (QED) is 0.669. The van der Waals surface area contributed by atoms with Gasteiger partial charge < -0.3 is 0 Å². The SMILES string of the molecule is CCn1c(C(F)F)nn(C)c1=S.